The second-order valence-electron chi connectivity index (χ2n) is 11.0. The van der Waals surface area contributed by atoms with E-state index in [0.29, 0.717) is 68.6 Å². The highest BCUT2D eigenvalue weighted by Crippen LogP contribution is 2.35. The Morgan fingerprint density at radius 1 is 1.00 bits per heavy atom. The number of benzene rings is 3. The molecule has 0 radical (unpaired) electrons. The molecule has 240 valence electrons. The maximum Gasteiger partial charge on any atom is 0.407 e. The lowest BCUT2D eigenvalue weighted by Crippen LogP contribution is -2.46. The molecule has 1 fully saturated rings. The van der Waals surface area contributed by atoms with Crippen LogP contribution >= 0.6 is 11.6 Å². The Morgan fingerprint density at radius 2 is 1.80 bits per heavy atom. The first-order valence-corrected chi connectivity index (χ1v) is 15.5. The number of likely N-dealkylation sites (tertiary alicyclic amines) is 1. The molecular weight excluding hydrogens is 600 g/mol. The van der Waals surface area contributed by atoms with Crippen molar-refractivity contribution < 1.29 is 38.4 Å². The van der Waals surface area contributed by atoms with Gasteiger partial charge in [-0.15, -0.1) is 0 Å². The Bertz CT molecular complexity index is 1440. The van der Waals surface area contributed by atoms with E-state index < -0.39 is 6.09 Å². The number of hydrogen-bond donors (Lipinski definition) is 1. The molecule has 5 rings (SSSR count). The molecule has 11 heteroatoms. The van der Waals surface area contributed by atoms with Gasteiger partial charge in [-0.1, -0.05) is 35.9 Å². The molecule has 3 aromatic carbocycles. The minimum atomic E-state index is -0.957. The molecule has 0 aromatic heterocycles. The second kappa shape index (κ2) is 15.8. The summed E-state index contributed by atoms with van der Waals surface area (Å²) in [5.41, 5.74) is 2.65. The highest BCUT2D eigenvalue weighted by atomic mass is 35.5. The Labute approximate surface area is 268 Å². The zero-order valence-corrected chi connectivity index (χ0v) is 26.1. The first kappa shape index (κ1) is 32.4. The van der Waals surface area contributed by atoms with E-state index >= 15 is 0 Å². The highest BCUT2D eigenvalue weighted by molar-refractivity contribution is 6.30. The number of methoxy groups -OCH3 is 1. The molecule has 0 spiro atoms. The van der Waals surface area contributed by atoms with Gasteiger partial charge in [-0.05, 0) is 66.4 Å². The van der Waals surface area contributed by atoms with Crippen LogP contribution in [0, 0.1) is 0 Å². The number of carbonyl (C=O) groups is 2. The first-order valence-electron chi connectivity index (χ1n) is 15.2. The highest BCUT2D eigenvalue weighted by Gasteiger charge is 2.33. The van der Waals surface area contributed by atoms with Crippen molar-refractivity contribution in [1.29, 1.82) is 0 Å². The van der Waals surface area contributed by atoms with E-state index in [9.17, 15) is 14.7 Å². The van der Waals surface area contributed by atoms with Gasteiger partial charge in [0.25, 0.3) is 5.91 Å². The molecule has 2 unspecified atom stereocenters. The van der Waals surface area contributed by atoms with Crippen LogP contribution in [0.4, 0.5) is 10.5 Å². The molecule has 2 aliphatic heterocycles. The molecule has 2 heterocycles. The third-order valence-electron chi connectivity index (χ3n) is 7.92. The fourth-order valence-electron chi connectivity index (χ4n) is 5.60. The summed E-state index contributed by atoms with van der Waals surface area (Å²) in [4.78, 5) is 27.5. The summed E-state index contributed by atoms with van der Waals surface area (Å²) < 4.78 is 28.9. The van der Waals surface area contributed by atoms with Gasteiger partial charge in [0.05, 0.1) is 38.2 Å². The van der Waals surface area contributed by atoms with Crippen molar-refractivity contribution in [1.82, 2.24) is 4.90 Å². The summed E-state index contributed by atoms with van der Waals surface area (Å²) in [6, 6.07) is 20.9. The fourth-order valence-corrected chi connectivity index (χ4v) is 5.78. The Hall–Kier alpha value is -3.99. The molecule has 0 bridgehead atoms. The van der Waals surface area contributed by atoms with Gasteiger partial charge in [-0.2, -0.15) is 0 Å². The van der Waals surface area contributed by atoms with E-state index in [-0.39, 0.29) is 37.7 Å². The van der Waals surface area contributed by atoms with Crippen molar-refractivity contribution in [3.63, 3.8) is 0 Å². The number of rotatable bonds is 14. The Balaban J connectivity index is 1.19. The standard InChI is InChI=1S/C34H39ClN2O8/c1-41-16-3-14-37-30-19-24(7-12-31(30)45-23-33(37)38)22-44-32-21-36(34(39)40)15-13-29(32)25-8-10-27(11-9-25)42-17-4-18-43-28-6-2-5-26(35)20-28/h2,5-12,19-20,29,32H,3-4,13-18,21-23H2,1H3,(H,39,40). The van der Waals surface area contributed by atoms with E-state index in [4.69, 9.17) is 35.3 Å². The molecule has 1 N–H and O–H groups in total. The quantitative estimate of drug-likeness (QED) is 0.214. The lowest BCUT2D eigenvalue weighted by Gasteiger charge is -2.37. The van der Waals surface area contributed by atoms with E-state index in [2.05, 4.69) is 0 Å². The summed E-state index contributed by atoms with van der Waals surface area (Å²) in [7, 11) is 1.64. The number of anilines is 1. The number of amides is 2. The van der Waals surface area contributed by atoms with Gasteiger partial charge >= 0.3 is 6.09 Å². The van der Waals surface area contributed by atoms with Gasteiger partial charge in [0, 0.05) is 44.2 Å². The topological polar surface area (TPSA) is 107 Å². The number of nitrogens with zero attached hydrogens (tertiary/aromatic N) is 2. The van der Waals surface area contributed by atoms with Crippen molar-refractivity contribution in [3.05, 3.63) is 82.9 Å². The largest absolute Gasteiger partial charge is 0.493 e. The zero-order chi connectivity index (χ0) is 31.6. The molecular formula is C34H39ClN2O8. The van der Waals surface area contributed by atoms with Gasteiger partial charge in [-0.25, -0.2) is 4.79 Å². The summed E-state index contributed by atoms with van der Waals surface area (Å²) in [6.45, 7) is 3.07. The van der Waals surface area contributed by atoms with Crippen molar-refractivity contribution in [2.75, 3.05) is 58.1 Å². The number of hydrogen-bond acceptors (Lipinski definition) is 7. The summed E-state index contributed by atoms with van der Waals surface area (Å²) in [6.07, 6.45) is 0.751. The monoisotopic (exact) mass is 638 g/mol. The number of fused-ring (bicyclic) bond motifs is 1. The maximum atomic E-state index is 12.6. The predicted octanol–water partition coefficient (Wildman–Crippen LogP) is 6.00. The van der Waals surface area contributed by atoms with Crippen LogP contribution < -0.4 is 19.1 Å². The van der Waals surface area contributed by atoms with Crippen LogP contribution in [0.2, 0.25) is 5.02 Å². The van der Waals surface area contributed by atoms with Crippen LogP contribution in [0.3, 0.4) is 0 Å². The molecule has 0 saturated carbocycles. The van der Waals surface area contributed by atoms with Gasteiger partial charge < -0.3 is 38.6 Å². The number of ether oxygens (including phenoxy) is 5. The third-order valence-corrected chi connectivity index (χ3v) is 8.16. The average Bonchev–Trinajstić information content (AvgIpc) is 3.05. The van der Waals surface area contributed by atoms with Gasteiger partial charge in [-0.3, -0.25) is 4.79 Å². The zero-order valence-electron chi connectivity index (χ0n) is 25.4. The Morgan fingerprint density at radius 3 is 2.56 bits per heavy atom. The smallest absolute Gasteiger partial charge is 0.407 e. The molecule has 2 amide bonds. The summed E-state index contributed by atoms with van der Waals surface area (Å²) >= 11 is 6.00. The van der Waals surface area contributed by atoms with Crippen LogP contribution in [0.1, 0.15) is 36.3 Å². The maximum absolute atomic E-state index is 12.6. The molecule has 3 aromatic rings. The third kappa shape index (κ3) is 8.81. The number of piperidine rings is 1. The van der Waals surface area contributed by atoms with E-state index in [1.165, 1.54) is 4.90 Å². The average molecular weight is 639 g/mol. The minimum Gasteiger partial charge on any atom is -0.493 e. The van der Waals surface area contributed by atoms with E-state index in [1.54, 1.807) is 24.1 Å². The van der Waals surface area contributed by atoms with E-state index in [0.717, 1.165) is 22.6 Å². The Kier molecular flexibility index (Phi) is 11.4. The van der Waals surface area contributed by atoms with Gasteiger partial charge in [0.2, 0.25) is 0 Å². The van der Waals surface area contributed by atoms with Crippen LogP contribution in [0.25, 0.3) is 0 Å². The molecule has 2 aliphatic rings. The molecule has 0 aliphatic carbocycles. The van der Waals surface area contributed by atoms with Crippen molar-refractivity contribution in [3.8, 4) is 17.2 Å². The molecule has 2 atom stereocenters. The minimum absolute atomic E-state index is 0.00677. The normalized spacial score (nSPS) is 17.9. The van der Waals surface area contributed by atoms with Crippen LogP contribution in [-0.4, -0.2) is 81.3 Å². The fraction of sp³-hybridized carbons (Fsp3) is 0.412. The van der Waals surface area contributed by atoms with Gasteiger partial charge in [0.15, 0.2) is 6.61 Å². The second-order valence-corrected chi connectivity index (χ2v) is 11.5. The van der Waals surface area contributed by atoms with Crippen molar-refractivity contribution >= 4 is 29.3 Å². The van der Waals surface area contributed by atoms with Crippen LogP contribution in [0.15, 0.2) is 66.7 Å². The number of carboxylic acid groups (broad SMARTS) is 1. The summed E-state index contributed by atoms with van der Waals surface area (Å²) in [5.74, 6) is 2.05. The van der Waals surface area contributed by atoms with Gasteiger partial charge in [0.1, 0.15) is 17.2 Å². The molecule has 10 nitrogen and oxygen atoms in total. The predicted molar refractivity (Wildman–Crippen MR) is 170 cm³/mol. The number of carbonyl (C=O) groups excluding carboxylic acids is 1. The number of halogens is 1. The lowest BCUT2D eigenvalue weighted by atomic mass is 9.87. The van der Waals surface area contributed by atoms with Crippen molar-refractivity contribution in [2.45, 2.75) is 37.9 Å². The van der Waals surface area contributed by atoms with Crippen LogP contribution in [-0.2, 0) is 20.9 Å². The SMILES string of the molecule is COCCCN1C(=O)COc2ccc(COC3CN(C(=O)O)CCC3c3ccc(OCCCOc4cccc(Cl)c4)cc3)cc21. The van der Waals surface area contributed by atoms with E-state index in [1.807, 2.05) is 54.6 Å². The lowest BCUT2D eigenvalue weighted by molar-refractivity contribution is -0.121. The molecule has 1 saturated heterocycles. The molecule has 45 heavy (non-hydrogen) atoms. The summed E-state index contributed by atoms with van der Waals surface area (Å²) in [5, 5.41) is 10.3. The first-order chi connectivity index (χ1) is 21.9. The van der Waals surface area contributed by atoms with Crippen molar-refractivity contribution in [2.24, 2.45) is 0 Å². The van der Waals surface area contributed by atoms with Crippen LogP contribution in [0.5, 0.6) is 17.2 Å².